The first-order valence-electron chi connectivity index (χ1n) is 10.1. The molecule has 0 saturated carbocycles. The van der Waals surface area contributed by atoms with Gasteiger partial charge >= 0.3 is 0 Å². The molecule has 5 rings (SSSR count). The monoisotopic (exact) mass is 414 g/mol. The van der Waals surface area contributed by atoms with Gasteiger partial charge in [-0.1, -0.05) is 0 Å². The van der Waals surface area contributed by atoms with E-state index in [2.05, 4.69) is 28.1 Å². The van der Waals surface area contributed by atoms with E-state index in [0.717, 1.165) is 52.7 Å². The van der Waals surface area contributed by atoms with Crippen LogP contribution in [0, 0.1) is 13.8 Å². The Hall–Kier alpha value is -3.94. The van der Waals surface area contributed by atoms with Crippen LogP contribution in [-0.4, -0.2) is 38.2 Å². The number of rotatable bonds is 4. The predicted molar refractivity (Wildman–Crippen MR) is 118 cm³/mol. The lowest BCUT2D eigenvalue weighted by Crippen LogP contribution is -2.19. The molecule has 0 bridgehead atoms. The quantitative estimate of drug-likeness (QED) is 0.511. The van der Waals surface area contributed by atoms with Gasteiger partial charge in [0.05, 0.1) is 12.8 Å². The molecule has 0 unspecified atom stereocenters. The van der Waals surface area contributed by atoms with Crippen molar-refractivity contribution in [3.05, 3.63) is 82.0 Å². The molecule has 0 aliphatic carbocycles. The number of aromatic nitrogens is 5. The predicted octanol–water partition coefficient (Wildman–Crippen LogP) is 3.13. The Kier molecular flexibility index (Phi) is 4.54. The van der Waals surface area contributed by atoms with E-state index in [4.69, 9.17) is 9.72 Å². The van der Waals surface area contributed by atoms with Crippen LogP contribution in [-0.2, 0) is 6.42 Å². The Morgan fingerprint density at radius 3 is 2.71 bits per heavy atom. The van der Waals surface area contributed by atoms with Crippen LogP contribution >= 0.6 is 0 Å². The van der Waals surface area contributed by atoms with Crippen LogP contribution in [0.2, 0.25) is 0 Å². The third-order valence-corrected chi connectivity index (χ3v) is 5.50. The summed E-state index contributed by atoms with van der Waals surface area (Å²) in [6, 6.07) is 13.0. The van der Waals surface area contributed by atoms with Crippen LogP contribution in [0.15, 0.2) is 59.7 Å². The highest BCUT2D eigenvalue weighted by molar-refractivity contribution is 5.73. The van der Waals surface area contributed by atoms with Crippen LogP contribution < -0.4 is 15.2 Å². The number of anilines is 2. The van der Waals surface area contributed by atoms with Gasteiger partial charge in [0, 0.05) is 48.0 Å². The maximum atomic E-state index is 12.1. The number of hydrogen-bond acceptors (Lipinski definition) is 6. The zero-order valence-corrected chi connectivity index (χ0v) is 17.6. The maximum absolute atomic E-state index is 12.1. The molecule has 3 aromatic heterocycles. The Labute approximate surface area is 179 Å². The molecule has 156 valence electrons. The molecule has 0 fully saturated rings. The molecule has 0 N–H and O–H groups in total. The zero-order chi connectivity index (χ0) is 21.5. The standard InChI is InChI=1S/C23H22N6O2/c1-15-13-17(31-3)6-7-19(15)27-11-8-18-20(14-16(2)25-23(18)27)28-12-9-21(26-28)29-22(30)5-4-10-24-29/h4-7,9-10,12-14H,8,11H2,1-3H3. The molecule has 0 atom stereocenters. The van der Waals surface area contributed by atoms with Gasteiger partial charge in [-0.2, -0.15) is 9.78 Å². The van der Waals surface area contributed by atoms with Crippen molar-refractivity contribution in [2.45, 2.75) is 20.3 Å². The van der Waals surface area contributed by atoms with E-state index in [-0.39, 0.29) is 5.56 Å². The Bertz CT molecular complexity index is 1340. The van der Waals surface area contributed by atoms with E-state index < -0.39 is 0 Å². The fourth-order valence-electron chi connectivity index (χ4n) is 4.05. The minimum absolute atomic E-state index is 0.218. The van der Waals surface area contributed by atoms with Crippen LogP contribution in [0.5, 0.6) is 5.75 Å². The highest BCUT2D eigenvalue weighted by atomic mass is 16.5. The second-order valence-electron chi connectivity index (χ2n) is 7.53. The minimum atomic E-state index is -0.218. The molecule has 0 radical (unpaired) electrons. The van der Waals surface area contributed by atoms with Crippen molar-refractivity contribution >= 4 is 11.5 Å². The van der Waals surface area contributed by atoms with Crippen LogP contribution in [0.3, 0.4) is 0 Å². The summed E-state index contributed by atoms with van der Waals surface area (Å²) >= 11 is 0. The molecule has 8 heteroatoms. The number of methoxy groups -OCH3 is 1. The van der Waals surface area contributed by atoms with Gasteiger partial charge in [-0.15, -0.1) is 5.10 Å². The molecular weight excluding hydrogens is 392 g/mol. The van der Waals surface area contributed by atoms with Crippen molar-refractivity contribution < 1.29 is 4.74 Å². The fourth-order valence-corrected chi connectivity index (χ4v) is 4.05. The van der Waals surface area contributed by atoms with Gasteiger partial charge in [0.15, 0.2) is 5.82 Å². The largest absolute Gasteiger partial charge is 0.497 e. The Morgan fingerprint density at radius 2 is 1.94 bits per heavy atom. The van der Waals surface area contributed by atoms with E-state index in [1.807, 2.05) is 31.3 Å². The lowest BCUT2D eigenvalue weighted by molar-refractivity contribution is 0.414. The molecule has 1 aromatic carbocycles. The number of pyridine rings is 1. The van der Waals surface area contributed by atoms with Crippen molar-refractivity contribution in [1.29, 1.82) is 0 Å². The summed E-state index contributed by atoms with van der Waals surface area (Å²) in [5.41, 5.74) is 5.02. The van der Waals surface area contributed by atoms with Crippen molar-refractivity contribution in [2.75, 3.05) is 18.6 Å². The molecule has 0 saturated heterocycles. The average Bonchev–Trinajstić information content (AvgIpc) is 3.41. The number of fused-ring (bicyclic) bond motifs is 1. The van der Waals surface area contributed by atoms with Gasteiger partial charge in [0.2, 0.25) is 0 Å². The first kappa shape index (κ1) is 19.0. The van der Waals surface area contributed by atoms with E-state index in [1.165, 1.54) is 10.7 Å². The lowest BCUT2D eigenvalue weighted by Gasteiger charge is -2.22. The highest BCUT2D eigenvalue weighted by Gasteiger charge is 2.27. The van der Waals surface area contributed by atoms with Crippen LogP contribution in [0.25, 0.3) is 11.5 Å². The molecule has 1 aliphatic heterocycles. The first-order valence-corrected chi connectivity index (χ1v) is 10.1. The smallest absolute Gasteiger partial charge is 0.272 e. The molecular formula is C23H22N6O2. The molecule has 1 aliphatic rings. The van der Waals surface area contributed by atoms with Crippen molar-refractivity contribution in [1.82, 2.24) is 24.5 Å². The van der Waals surface area contributed by atoms with Gasteiger partial charge in [-0.25, -0.2) is 9.67 Å². The van der Waals surface area contributed by atoms with Crippen molar-refractivity contribution in [3.8, 4) is 17.3 Å². The second-order valence-corrected chi connectivity index (χ2v) is 7.53. The summed E-state index contributed by atoms with van der Waals surface area (Å²) in [4.78, 5) is 19.2. The Morgan fingerprint density at radius 1 is 1.06 bits per heavy atom. The van der Waals surface area contributed by atoms with Crippen molar-refractivity contribution in [2.24, 2.45) is 0 Å². The summed E-state index contributed by atoms with van der Waals surface area (Å²) in [6.07, 6.45) is 4.28. The normalized spacial score (nSPS) is 12.8. The van der Waals surface area contributed by atoms with Gasteiger partial charge in [0.1, 0.15) is 11.6 Å². The molecule has 4 heterocycles. The fraction of sp³-hybridized carbons (Fsp3) is 0.217. The van der Waals surface area contributed by atoms with Gasteiger partial charge < -0.3 is 9.64 Å². The third kappa shape index (κ3) is 3.26. The highest BCUT2D eigenvalue weighted by Crippen LogP contribution is 2.38. The number of benzene rings is 1. The zero-order valence-electron chi connectivity index (χ0n) is 17.6. The average molecular weight is 414 g/mol. The molecule has 0 amide bonds. The second kappa shape index (κ2) is 7.39. The van der Waals surface area contributed by atoms with Crippen LogP contribution in [0.1, 0.15) is 16.8 Å². The summed E-state index contributed by atoms with van der Waals surface area (Å²) in [6.45, 7) is 4.89. The number of nitrogens with zero attached hydrogens (tertiary/aromatic N) is 6. The maximum Gasteiger partial charge on any atom is 0.272 e. The number of hydrogen-bond donors (Lipinski definition) is 0. The molecule has 31 heavy (non-hydrogen) atoms. The van der Waals surface area contributed by atoms with Gasteiger partial charge in [0.25, 0.3) is 5.56 Å². The molecule has 4 aromatic rings. The summed E-state index contributed by atoms with van der Waals surface area (Å²) in [5.74, 6) is 2.26. The van der Waals surface area contributed by atoms with E-state index in [9.17, 15) is 4.79 Å². The molecule has 0 spiro atoms. The van der Waals surface area contributed by atoms with Gasteiger partial charge in [-0.05, 0) is 56.2 Å². The summed E-state index contributed by atoms with van der Waals surface area (Å²) < 4.78 is 8.44. The summed E-state index contributed by atoms with van der Waals surface area (Å²) in [7, 11) is 1.67. The van der Waals surface area contributed by atoms with Crippen LogP contribution in [0.4, 0.5) is 11.5 Å². The van der Waals surface area contributed by atoms with Crippen molar-refractivity contribution in [3.63, 3.8) is 0 Å². The molecule has 8 nitrogen and oxygen atoms in total. The topological polar surface area (TPSA) is 78.1 Å². The lowest BCUT2D eigenvalue weighted by atomic mass is 10.1. The SMILES string of the molecule is COc1ccc(N2CCc3c(-n4ccc(-n5ncccc5=O)n4)cc(C)nc32)c(C)c1. The number of ether oxygens (including phenoxy) is 1. The summed E-state index contributed by atoms with van der Waals surface area (Å²) in [5, 5.41) is 8.74. The van der Waals surface area contributed by atoms with E-state index in [0.29, 0.717) is 5.82 Å². The van der Waals surface area contributed by atoms with Gasteiger partial charge in [-0.3, -0.25) is 4.79 Å². The third-order valence-electron chi connectivity index (χ3n) is 5.50. The van der Waals surface area contributed by atoms with E-state index >= 15 is 0 Å². The number of aryl methyl sites for hydroxylation is 2. The minimum Gasteiger partial charge on any atom is -0.497 e. The van der Waals surface area contributed by atoms with E-state index in [1.54, 1.807) is 30.1 Å². The Balaban J connectivity index is 1.58. The first-order chi connectivity index (χ1) is 15.0.